The Hall–Kier alpha value is -1.82. The number of hydrogen-bond donors (Lipinski definition) is 2. The van der Waals surface area contributed by atoms with Gasteiger partial charge in [-0.05, 0) is 30.3 Å². The van der Waals surface area contributed by atoms with E-state index in [2.05, 4.69) is 26.3 Å². The fourth-order valence-electron chi connectivity index (χ4n) is 2.31. The van der Waals surface area contributed by atoms with Gasteiger partial charge in [-0.2, -0.15) is 0 Å². The number of nitrogens with one attached hydrogen (secondary N) is 1. The molecule has 0 aliphatic rings. The second-order valence-corrected chi connectivity index (χ2v) is 5.61. The highest BCUT2D eigenvalue weighted by Gasteiger charge is 2.18. The minimum Gasteiger partial charge on any atom is -0.271 e. The number of nitrogens with two attached hydrogens (primary N) is 1. The van der Waals surface area contributed by atoms with E-state index in [0.29, 0.717) is 11.3 Å². The van der Waals surface area contributed by atoms with Crippen molar-refractivity contribution < 1.29 is 4.39 Å². The highest BCUT2D eigenvalue weighted by atomic mass is 79.9. The molecular weight excluding hydrogens is 333 g/mol. The first kappa shape index (κ1) is 14.1. The molecule has 3 aromatic rings. The molecule has 0 radical (unpaired) electrons. The predicted octanol–water partition coefficient (Wildman–Crippen LogP) is 3.69. The van der Waals surface area contributed by atoms with Crippen LogP contribution in [0.5, 0.6) is 0 Å². The number of halogens is 2. The number of fused-ring (bicyclic) bond motifs is 1. The van der Waals surface area contributed by atoms with Gasteiger partial charge in [0.1, 0.15) is 5.82 Å². The van der Waals surface area contributed by atoms with Crippen molar-refractivity contribution in [3.05, 3.63) is 76.1 Å². The molecule has 0 saturated carbocycles. The van der Waals surface area contributed by atoms with Gasteiger partial charge in [0, 0.05) is 15.4 Å². The van der Waals surface area contributed by atoms with Gasteiger partial charge >= 0.3 is 0 Å². The summed E-state index contributed by atoms with van der Waals surface area (Å²) < 4.78 is 14.9. The van der Waals surface area contributed by atoms with Crippen molar-refractivity contribution in [3.63, 3.8) is 0 Å². The first-order chi connectivity index (χ1) is 10.2. The molecule has 5 heteroatoms. The minimum absolute atomic E-state index is 0.323. The Bertz CT molecular complexity index is 791. The molecule has 21 heavy (non-hydrogen) atoms. The van der Waals surface area contributed by atoms with E-state index in [4.69, 9.17) is 5.84 Å². The average Bonchev–Trinajstić information content (AvgIpc) is 2.51. The van der Waals surface area contributed by atoms with Gasteiger partial charge in [0.15, 0.2) is 0 Å². The van der Waals surface area contributed by atoms with Crippen molar-refractivity contribution >= 4 is 26.8 Å². The molecule has 0 fully saturated rings. The van der Waals surface area contributed by atoms with Crippen LogP contribution in [0.25, 0.3) is 10.9 Å². The van der Waals surface area contributed by atoms with Crippen LogP contribution in [0.1, 0.15) is 17.3 Å². The van der Waals surface area contributed by atoms with Crippen LogP contribution in [0.3, 0.4) is 0 Å². The molecule has 1 unspecified atom stereocenters. The second-order valence-electron chi connectivity index (χ2n) is 4.69. The predicted molar refractivity (Wildman–Crippen MR) is 85.0 cm³/mol. The molecule has 3 N–H and O–H groups in total. The van der Waals surface area contributed by atoms with Gasteiger partial charge < -0.3 is 0 Å². The third-order valence-corrected chi connectivity index (χ3v) is 3.84. The zero-order valence-corrected chi connectivity index (χ0v) is 12.6. The number of hydrogen-bond acceptors (Lipinski definition) is 3. The van der Waals surface area contributed by atoms with Crippen LogP contribution >= 0.6 is 15.9 Å². The van der Waals surface area contributed by atoms with Crippen molar-refractivity contribution in [1.29, 1.82) is 0 Å². The molecule has 0 bridgehead atoms. The number of nitrogens with zero attached hydrogens (tertiary/aromatic N) is 1. The summed E-state index contributed by atoms with van der Waals surface area (Å²) in [6.07, 6.45) is 0. The maximum absolute atomic E-state index is 14.1. The van der Waals surface area contributed by atoms with E-state index in [1.54, 1.807) is 12.1 Å². The summed E-state index contributed by atoms with van der Waals surface area (Å²) in [6.45, 7) is 0. The van der Waals surface area contributed by atoms with Crippen molar-refractivity contribution in [2.24, 2.45) is 5.84 Å². The van der Waals surface area contributed by atoms with E-state index in [0.717, 1.165) is 15.4 Å². The Morgan fingerprint density at radius 2 is 1.90 bits per heavy atom. The summed E-state index contributed by atoms with van der Waals surface area (Å²) in [5.74, 6) is 5.30. The fraction of sp³-hybridized carbons (Fsp3) is 0.0625. The molecule has 1 aromatic heterocycles. The zero-order valence-electron chi connectivity index (χ0n) is 11.1. The lowest BCUT2D eigenvalue weighted by atomic mass is 10.0. The summed E-state index contributed by atoms with van der Waals surface area (Å²) in [6, 6.07) is 15.8. The molecule has 3 nitrogen and oxygen atoms in total. The third kappa shape index (κ3) is 2.81. The Labute approximate surface area is 130 Å². The highest BCUT2D eigenvalue weighted by molar-refractivity contribution is 9.10. The Balaban J connectivity index is 2.11. The number of rotatable bonds is 3. The van der Waals surface area contributed by atoms with E-state index >= 15 is 0 Å². The molecular formula is C16H13BrFN3. The van der Waals surface area contributed by atoms with Crippen LogP contribution in [-0.2, 0) is 0 Å². The van der Waals surface area contributed by atoms with Crippen LogP contribution in [0, 0.1) is 5.82 Å². The van der Waals surface area contributed by atoms with Gasteiger partial charge in [0.25, 0.3) is 0 Å². The summed E-state index contributed by atoms with van der Waals surface area (Å²) >= 11 is 3.35. The molecule has 3 rings (SSSR count). The summed E-state index contributed by atoms with van der Waals surface area (Å²) in [4.78, 5) is 4.57. The monoisotopic (exact) mass is 345 g/mol. The molecule has 0 spiro atoms. The van der Waals surface area contributed by atoms with E-state index in [1.165, 1.54) is 6.07 Å². The minimum atomic E-state index is -0.507. The topological polar surface area (TPSA) is 50.9 Å². The molecule has 0 amide bonds. The Morgan fingerprint density at radius 1 is 1.10 bits per heavy atom. The van der Waals surface area contributed by atoms with E-state index in [1.807, 2.05) is 36.4 Å². The molecule has 0 saturated heterocycles. The number of hydrazine groups is 1. The Kier molecular flexibility index (Phi) is 3.96. The first-order valence-corrected chi connectivity index (χ1v) is 7.25. The van der Waals surface area contributed by atoms with E-state index in [9.17, 15) is 4.39 Å². The van der Waals surface area contributed by atoms with Gasteiger partial charge in [-0.15, -0.1) is 0 Å². The lowest BCUT2D eigenvalue weighted by Gasteiger charge is -2.17. The van der Waals surface area contributed by atoms with Crippen molar-refractivity contribution in [3.8, 4) is 0 Å². The second kappa shape index (κ2) is 5.89. The summed E-state index contributed by atoms with van der Waals surface area (Å²) in [7, 11) is 0. The lowest BCUT2D eigenvalue weighted by molar-refractivity contribution is 0.553. The van der Waals surface area contributed by atoms with Gasteiger partial charge in [-0.25, -0.2) is 9.82 Å². The van der Waals surface area contributed by atoms with Crippen molar-refractivity contribution in [2.75, 3.05) is 0 Å². The SMILES string of the molecule is NNC(c1ccc2ccccc2n1)c1cc(Br)ccc1F. The van der Waals surface area contributed by atoms with Gasteiger partial charge in [0.05, 0.1) is 17.3 Å². The molecule has 0 aliphatic carbocycles. The van der Waals surface area contributed by atoms with Crippen molar-refractivity contribution in [1.82, 2.24) is 10.4 Å². The van der Waals surface area contributed by atoms with Crippen LogP contribution in [-0.4, -0.2) is 4.98 Å². The third-order valence-electron chi connectivity index (χ3n) is 3.35. The molecule has 1 atom stereocenters. The summed E-state index contributed by atoms with van der Waals surface area (Å²) in [5, 5.41) is 1.03. The molecule has 0 aliphatic heterocycles. The maximum Gasteiger partial charge on any atom is 0.128 e. The van der Waals surface area contributed by atoms with Crippen LogP contribution in [0.15, 0.2) is 59.1 Å². The van der Waals surface area contributed by atoms with Crippen molar-refractivity contribution in [2.45, 2.75) is 6.04 Å². The van der Waals surface area contributed by atoms with E-state index < -0.39 is 6.04 Å². The molecule has 2 aromatic carbocycles. The fourth-order valence-corrected chi connectivity index (χ4v) is 2.69. The zero-order chi connectivity index (χ0) is 14.8. The van der Waals surface area contributed by atoms with Crippen LogP contribution in [0.2, 0.25) is 0 Å². The lowest BCUT2D eigenvalue weighted by Crippen LogP contribution is -2.30. The summed E-state index contributed by atoms with van der Waals surface area (Å²) in [5.41, 5.74) is 4.62. The quantitative estimate of drug-likeness (QED) is 0.562. The number of para-hydroxylation sites is 1. The number of pyridine rings is 1. The molecule has 1 heterocycles. The van der Waals surface area contributed by atoms with Gasteiger partial charge in [-0.3, -0.25) is 10.8 Å². The Morgan fingerprint density at radius 3 is 2.71 bits per heavy atom. The standard InChI is InChI=1S/C16H13BrFN3/c17-11-6-7-13(18)12(9-11)16(21-19)15-8-5-10-3-1-2-4-14(10)20-15/h1-9,16,21H,19H2. The number of benzene rings is 2. The smallest absolute Gasteiger partial charge is 0.128 e. The number of aromatic nitrogens is 1. The van der Waals surface area contributed by atoms with Gasteiger partial charge in [0.2, 0.25) is 0 Å². The van der Waals surface area contributed by atoms with Crippen LogP contribution in [0.4, 0.5) is 4.39 Å². The van der Waals surface area contributed by atoms with E-state index in [-0.39, 0.29) is 5.82 Å². The first-order valence-electron chi connectivity index (χ1n) is 6.46. The van der Waals surface area contributed by atoms with Crippen LogP contribution < -0.4 is 11.3 Å². The maximum atomic E-state index is 14.1. The molecule has 106 valence electrons. The largest absolute Gasteiger partial charge is 0.271 e. The van der Waals surface area contributed by atoms with Gasteiger partial charge in [-0.1, -0.05) is 40.2 Å². The normalized spacial score (nSPS) is 12.5. The average molecular weight is 346 g/mol. The highest BCUT2D eigenvalue weighted by Crippen LogP contribution is 2.26.